The second kappa shape index (κ2) is 5.83. The van der Waals surface area contributed by atoms with Crippen LogP contribution < -0.4 is 5.32 Å². The highest BCUT2D eigenvalue weighted by atomic mass is 16.6. The minimum atomic E-state index is -2.06. The number of carbonyl (C=O) groups is 1. The van der Waals surface area contributed by atoms with Crippen molar-refractivity contribution in [3.63, 3.8) is 0 Å². The molecule has 0 amide bonds. The fourth-order valence-corrected chi connectivity index (χ4v) is 4.43. The first-order valence-corrected chi connectivity index (χ1v) is 8.95. The van der Waals surface area contributed by atoms with Gasteiger partial charge in [0.15, 0.2) is 29.3 Å². The molecule has 0 radical (unpaired) electrons. The summed E-state index contributed by atoms with van der Waals surface area (Å²) in [7, 11) is 0. The zero-order chi connectivity index (χ0) is 21.4. The van der Waals surface area contributed by atoms with Gasteiger partial charge < -0.3 is 30.5 Å². The number of aliphatic carboxylic acids is 1. The number of ether oxygens (including phenoxy) is 1. The fourth-order valence-electron chi connectivity index (χ4n) is 4.43. The van der Waals surface area contributed by atoms with Crippen LogP contribution in [0.3, 0.4) is 0 Å². The molecule has 1 aliphatic carbocycles. The Labute approximate surface area is 164 Å². The average molecular weight is 404 g/mol. The monoisotopic (exact) mass is 404 g/mol. The molecule has 2 fully saturated rings. The summed E-state index contributed by atoms with van der Waals surface area (Å²) in [6, 6.07) is 1.85. The number of hydrogen-bond donors (Lipinski definition) is 5. The van der Waals surface area contributed by atoms with E-state index in [1.807, 2.05) is 13.0 Å². The largest absolute Gasteiger partial charge is 0.479 e. The topological polar surface area (TPSA) is 187 Å². The first-order chi connectivity index (χ1) is 13.6. The third-order valence-corrected chi connectivity index (χ3v) is 6.13. The van der Waals surface area contributed by atoms with E-state index in [1.54, 1.807) is 13.8 Å². The normalized spacial score (nSPS) is 33.1. The van der Waals surface area contributed by atoms with Gasteiger partial charge in [-0.15, -0.1) is 0 Å². The highest BCUT2D eigenvalue weighted by Crippen LogP contribution is 2.75. The molecule has 1 aliphatic heterocycles. The second-order valence-electron chi connectivity index (χ2n) is 7.71. The summed E-state index contributed by atoms with van der Waals surface area (Å²) in [5.74, 6) is -1.43. The van der Waals surface area contributed by atoms with Crippen LogP contribution in [0.25, 0.3) is 11.2 Å². The van der Waals surface area contributed by atoms with Crippen molar-refractivity contribution in [2.45, 2.75) is 50.4 Å². The molecule has 1 saturated heterocycles. The van der Waals surface area contributed by atoms with Gasteiger partial charge >= 0.3 is 5.97 Å². The van der Waals surface area contributed by atoms with E-state index >= 15 is 0 Å². The lowest BCUT2D eigenvalue weighted by molar-refractivity contribution is -0.174. The Hall–Kier alpha value is -2.85. The van der Waals surface area contributed by atoms with Gasteiger partial charge in [-0.05, 0) is 6.92 Å². The zero-order valence-electron chi connectivity index (χ0n) is 15.9. The first-order valence-electron chi connectivity index (χ1n) is 8.95. The first kappa shape index (κ1) is 19.5. The van der Waals surface area contributed by atoms with Crippen LogP contribution in [0.5, 0.6) is 0 Å². The van der Waals surface area contributed by atoms with Crippen LogP contribution in [0, 0.1) is 16.7 Å². The van der Waals surface area contributed by atoms with Gasteiger partial charge in [-0.3, -0.25) is 4.57 Å². The lowest BCUT2D eigenvalue weighted by Crippen LogP contribution is -2.46. The Morgan fingerprint density at radius 3 is 2.69 bits per heavy atom. The van der Waals surface area contributed by atoms with E-state index in [0.717, 1.165) is 0 Å². The van der Waals surface area contributed by atoms with Gasteiger partial charge in [0.05, 0.1) is 6.33 Å². The number of carboxylic acids is 1. The Morgan fingerprint density at radius 1 is 1.41 bits per heavy atom. The Balaban J connectivity index is 1.88. The smallest absolute Gasteiger partial charge is 0.335 e. The maximum absolute atomic E-state index is 11.3. The van der Waals surface area contributed by atoms with Gasteiger partial charge in [0.25, 0.3) is 0 Å². The number of carboxylic acid groups (broad SMARTS) is 1. The molecular weight excluding hydrogens is 384 g/mol. The highest BCUT2D eigenvalue weighted by Gasteiger charge is 2.93. The quantitative estimate of drug-likeness (QED) is 0.410. The van der Waals surface area contributed by atoms with Crippen LogP contribution in [0.15, 0.2) is 6.33 Å². The van der Waals surface area contributed by atoms with E-state index in [0.29, 0.717) is 17.9 Å². The van der Waals surface area contributed by atoms with Crippen molar-refractivity contribution < 1.29 is 30.0 Å². The third kappa shape index (κ3) is 2.10. The van der Waals surface area contributed by atoms with E-state index in [1.165, 1.54) is 10.9 Å². The van der Waals surface area contributed by atoms with E-state index in [2.05, 4.69) is 20.3 Å². The van der Waals surface area contributed by atoms with Gasteiger partial charge in [0.2, 0.25) is 5.82 Å². The van der Waals surface area contributed by atoms with Crippen molar-refractivity contribution in [3.05, 3.63) is 12.2 Å². The van der Waals surface area contributed by atoms with Gasteiger partial charge in [0, 0.05) is 12.0 Å². The summed E-state index contributed by atoms with van der Waals surface area (Å²) < 4.78 is 6.95. The Kier molecular flexibility index (Phi) is 3.91. The minimum Gasteiger partial charge on any atom is -0.479 e. The number of fused-ring (bicyclic) bond motifs is 2. The molecule has 154 valence electrons. The van der Waals surface area contributed by atoms with Crippen LogP contribution in [-0.2, 0) is 9.53 Å². The fraction of sp³-hybridized carbons (Fsp3) is 0.588. The third-order valence-electron chi connectivity index (χ3n) is 6.13. The molecule has 1 unspecified atom stereocenters. The number of anilines is 1. The van der Waals surface area contributed by atoms with Crippen LogP contribution in [-0.4, -0.2) is 75.9 Å². The SMILES string of the molecule is CCNc1nc(C#N)nc2c1ncn2[C@@H]1O[C@H](C(O)C(=O)O)[C@@]2(O)C(C)(C)[C@@]12O. The van der Waals surface area contributed by atoms with E-state index in [-0.39, 0.29) is 11.5 Å². The number of nitriles is 1. The number of aliphatic hydroxyl groups is 3. The number of rotatable bonds is 5. The number of hydrogen-bond acceptors (Lipinski definition) is 10. The summed E-state index contributed by atoms with van der Waals surface area (Å²) in [6.45, 7) is 5.43. The summed E-state index contributed by atoms with van der Waals surface area (Å²) in [5, 5.41) is 53.9. The number of aromatic nitrogens is 4. The highest BCUT2D eigenvalue weighted by molar-refractivity contribution is 5.83. The van der Waals surface area contributed by atoms with Crippen molar-refractivity contribution in [1.29, 1.82) is 5.26 Å². The lowest BCUT2D eigenvalue weighted by Gasteiger charge is -2.28. The molecule has 12 heteroatoms. The molecule has 3 heterocycles. The molecular formula is C17H20N6O6. The molecule has 0 bridgehead atoms. The number of imidazole rings is 1. The van der Waals surface area contributed by atoms with Crippen LogP contribution in [0.1, 0.15) is 32.8 Å². The number of nitrogens with zero attached hydrogens (tertiary/aromatic N) is 5. The molecule has 0 aromatic carbocycles. The number of nitrogens with one attached hydrogen (secondary N) is 1. The standard InChI is InChI=1S/C17H20N6O6/c1-4-19-11-8-12(22-7(5-18)21-11)23(6-20-8)14-17(28)15(2,3)16(17,27)10(29-14)9(24)13(25)26/h6,9-10,14,24,27-28H,4H2,1-3H3,(H,25,26)(H,19,21,22)/t9?,10-,14-,16-,17+/m1/s1. The van der Waals surface area contributed by atoms with E-state index in [4.69, 9.17) is 4.74 Å². The maximum Gasteiger partial charge on any atom is 0.335 e. The van der Waals surface area contributed by atoms with Crippen molar-refractivity contribution in [1.82, 2.24) is 19.5 Å². The van der Waals surface area contributed by atoms with Crippen LogP contribution >= 0.6 is 0 Å². The molecule has 4 rings (SSSR count). The molecule has 5 N–H and O–H groups in total. The molecule has 2 aromatic rings. The van der Waals surface area contributed by atoms with Crippen LogP contribution in [0.2, 0.25) is 0 Å². The maximum atomic E-state index is 11.3. The van der Waals surface area contributed by atoms with Gasteiger partial charge in [-0.25, -0.2) is 9.78 Å². The molecule has 0 spiro atoms. The second-order valence-corrected chi connectivity index (χ2v) is 7.71. The van der Waals surface area contributed by atoms with Crippen molar-refractivity contribution in [2.75, 3.05) is 11.9 Å². The Morgan fingerprint density at radius 2 is 2.10 bits per heavy atom. The molecule has 12 nitrogen and oxygen atoms in total. The van der Waals surface area contributed by atoms with Crippen molar-refractivity contribution in [3.8, 4) is 6.07 Å². The molecule has 5 atom stereocenters. The van der Waals surface area contributed by atoms with Gasteiger partial charge in [0.1, 0.15) is 23.4 Å². The van der Waals surface area contributed by atoms with Gasteiger partial charge in [-0.2, -0.15) is 15.2 Å². The number of aliphatic hydroxyl groups excluding tert-OH is 1. The predicted octanol–water partition coefficient (Wildman–Crippen LogP) is -1.03. The summed E-state index contributed by atoms with van der Waals surface area (Å²) in [4.78, 5) is 23.8. The predicted molar refractivity (Wildman–Crippen MR) is 95.4 cm³/mol. The summed E-state index contributed by atoms with van der Waals surface area (Å²) in [5.41, 5.74) is -4.68. The summed E-state index contributed by atoms with van der Waals surface area (Å²) in [6.07, 6.45) is -3.65. The zero-order valence-corrected chi connectivity index (χ0v) is 15.9. The lowest BCUT2D eigenvalue weighted by atomic mass is 9.97. The van der Waals surface area contributed by atoms with E-state index in [9.17, 15) is 30.5 Å². The average Bonchev–Trinajstić information content (AvgIpc) is 3.04. The molecule has 1 saturated carbocycles. The van der Waals surface area contributed by atoms with Crippen molar-refractivity contribution >= 4 is 23.0 Å². The van der Waals surface area contributed by atoms with Crippen LogP contribution in [0.4, 0.5) is 5.82 Å². The van der Waals surface area contributed by atoms with Crippen molar-refractivity contribution in [2.24, 2.45) is 5.41 Å². The summed E-state index contributed by atoms with van der Waals surface area (Å²) >= 11 is 0. The van der Waals surface area contributed by atoms with E-state index < -0.39 is 41.0 Å². The Bertz CT molecular complexity index is 1060. The minimum absolute atomic E-state index is 0.146. The molecule has 2 aliphatic rings. The molecule has 29 heavy (non-hydrogen) atoms. The molecule has 2 aromatic heterocycles. The van der Waals surface area contributed by atoms with Gasteiger partial charge in [-0.1, -0.05) is 13.8 Å².